The number of nitrogens with zero attached hydrogens (tertiary/aromatic N) is 4. The number of fused-ring (bicyclic) bond motifs is 1. The number of hydrogen-bond acceptors (Lipinski definition) is 7. The molecule has 2 aromatic rings. The Morgan fingerprint density at radius 2 is 2.09 bits per heavy atom. The lowest BCUT2D eigenvalue weighted by Gasteiger charge is -2.31. The molecule has 1 fully saturated rings. The second kappa shape index (κ2) is 9.68. The topological polar surface area (TPSA) is 90.2 Å². The van der Waals surface area contributed by atoms with Gasteiger partial charge in [-0.15, -0.1) is 5.06 Å². The highest BCUT2D eigenvalue weighted by Crippen LogP contribution is 2.39. The molecule has 0 aromatic heterocycles. The van der Waals surface area contributed by atoms with Crippen LogP contribution in [0.2, 0.25) is 0 Å². The zero-order chi connectivity index (χ0) is 24.5. The fraction of sp³-hybridized carbons (Fsp3) is 0.444. The number of rotatable bonds is 7. The summed E-state index contributed by atoms with van der Waals surface area (Å²) in [6.45, 7) is 6.00. The molecular formula is C27H31N5O3. The van der Waals surface area contributed by atoms with Crippen LogP contribution in [-0.4, -0.2) is 54.6 Å². The Morgan fingerprint density at radius 3 is 2.80 bits per heavy atom. The molecule has 182 valence electrons. The van der Waals surface area contributed by atoms with Gasteiger partial charge in [0.2, 0.25) is 11.8 Å². The van der Waals surface area contributed by atoms with Gasteiger partial charge in [-0.05, 0) is 68.0 Å². The summed E-state index contributed by atoms with van der Waals surface area (Å²) < 4.78 is 5.74. The van der Waals surface area contributed by atoms with E-state index in [1.54, 1.807) is 17.2 Å². The maximum absolute atomic E-state index is 12.3. The first kappa shape index (κ1) is 23.3. The normalized spacial score (nSPS) is 21.2. The molecule has 2 aromatic carbocycles. The maximum Gasteiger partial charge on any atom is 0.243 e. The van der Waals surface area contributed by atoms with Crippen LogP contribution in [0.1, 0.15) is 66.7 Å². The van der Waals surface area contributed by atoms with E-state index >= 15 is 0 Å². The van der Waals surface area contributed by atoms with Gasteiger partial charge < -0.3 is 19.8 Å². The van der Waals surface area contributed by atoms with E-state index in [2.05, 4.69) is 29.6 Å². The Kier molecular flexibility index (Phi) is 6.46. The van der Waals surface area contributed by atoms with Crippen LogP contribution in [0, 0.1) is 11.3 Å². The van der Waals surface area contributed by atoms with Crippen LogP contribution < -0.4 is 10.1 Å². The summed E-state index contributed by atoms with van der Waals surface area (Å²) in [6.07, 6.45) is 2.69. The summed E-state index contributed by atoms with van der Waals surface area (Å²) in [6, 6.07) is 14.1. The first-order valence-electron chi connectivity index (χ1n) is 12.3. The maximum atomic E-state index is 12.3. The lowest BCUT2D eigenvalue weighted by atomic mass is 10.00. The number of likely N-dealkylation sites (tertiary alicyclic amines) is 1. The lowest BCUT2D eigenvalue weighted by Crippen LogP contribution is -2.46. The lowest BCUT2D eigenvalue weighted by molar-refractivity contribution is -0.133. The smallest absolute Gasteiger partial charge is 0.243 e. The molecule has 2 aliphatic heterocycles. The van der Waals surface area contributed by atoms with E-state index in [-0.39, 0.29) is 24.2 Å². The number of benzene rings is 2. The Balaban J connectivity index is 1.36. The minimum atomic E-state index is -0.279. The highest BCUT2D eigenvalue weighted by atomic mass is 16.7. The van der Waals surface area contributed by atoms with E-state index in [1.807, 2.05) is 31.9 Å². The van der Waals surface area contributed by atoms with Crippen molar-refractivity contribution in [1.29, 1.82) is 5.26 Å². The van der Waals surface area contributed by atoms with Gasteiger partial charge in [0.1, 0.15) is 11.8 Å². The molecule has 1 amide bonds. The first-order valence-corrected chi connectivity index (χ1v) is 12.3. The summed E-state index contributed by atoms with van der Waals surface area (Å²) >= 11 is 0. The standard InChI is InChI=1S/C27H31N5O3/c1-17(2)34-24-11-8-18(14-19(24)15-28)27-30-26(31(3)35-27)22-7-4-6-21-20(22)9-10-23(21)29-16-25(33)32-12-5-13-32/h4,6-8,11,14,17,23,26,29H,5,9-10,12-13,16H2,1-3H3/t23-,26?/m1/s1. The molecule has 2 heterocycles. The van der Waals surface area contributed by atoms with Crippen molar-refractivity contribution < 1.29 is 14.4 Å². The number of amides is 1. The van der Waals surface area contributed by atoms with Crippen molar-refractivity contribution in [3.05, 3.63) is 64.2 Å². The molecule has 1 N–H and O–H groups in total. The number of carbonyl (C=O) groups excluding carboxylic acids is 1. The number of hydrogen-bond donors (Lipinski definition) is 1. The number of carbonyl (C=O) groups is 1. The van der Waals surface area contributed by atoms with Crippen LogP contribution in [-0.2, 0) is 16.1 Å². The molecule has 1 unspecified atom stereocenters. The SMILES string of the molecule is CC(C)Oc1ccc(C2=NC(c3cccc4c3CC[C@H]4NCC(=O)N3CCC3)N(C)O2)cc1C#N. The molecule has 1 aliphatic carbocycles. The summed E-state index contributed by atoms with van der Waals surface area (Å²) in [7, 11) is 1.87. The zero-order valence-electron chi connectivity index (χ0n) is 20.5. The average Bonchev–Trinajstić information content (AvgIpc) is 3.40. The van der Waals surface area contributed by atoms with Crippen molar-refractivity contribution in [2.45, 2.75) is 51.4 Å². The number of nitrogens with one attached hydrogen (secondary N) is 1. The minimum absolute atomic E-state index is 0.0177. The van der Waals surface area contributed by atoms with Gasteiger partial charge >= 0.3 is 0 Å². The molecule has 3 aliphatic rings. The monoisotopic (exact) mass is 473 g/mol. The molecule has 8 nitrogen and oxygen atoms in total. The molecule has 8 heteroatoms. The van der Waals surface area contributed by atoms with Crippen LogP contribution in [0.15, 0.2) is 41.4 Å². The fourth-order valence-corrected chi connectivity index (χ4v) is 4.93. The number of hydroxylamine groups is 2. The molecule has 35 heavy (non-hydrogen) atoms. The van der Waals surface area contributed by atoms with Crippen molar-refractivity contribution in [1.82, 2.24) is 15.3 Å². The van der Waals surface area contributed by atoms with Crippen LogP contribution in [0.25, 0.3) is 0 Å². The van der Waals surface area contributed by atoms with Crippen molar-refractivity contribution in [3.63, 3.8) is 0 Å². The van der Waals surface area contributed by atoms with Crippen molar-refractivity contribution in [2.75, 3.05) is 26.7 Å². The third-order valence-corrected chi connectivity index (χ3v) is 6.82. The Labute approximate surface area is 206 Å². The molecule has 0 spiro atoms. The zero-order valence-corrected chi connectivity index (χ0v) is 20.5. The van der Waals surface area contributed by atoms with Gasteiger partial charge in [0.15, 0.2) is 6.17 Å². The van der Waals surface area contributed by atoms with Crippen molar-refractivity contribution in [3.8, 4) is 11.8 Å². The molecule has 2 atom stereocenters. The number of ether oxygens (including phenoxy) is 1. The van der Waals surface area contributed by atoms with Gasteiger partial charge in [0.25, 0.3) is 0 Å². The summed E-state index contributed by atoms with van der Waals surface area (Å²) in [5.41, 5.74) is 4.81. The van der Waals surface area contributed by atoms with E-state index in [4.69, 9.17) is 14.6 Å². The molecule has 1 saturated heterocycles. The van der Waals surface area contributed by atoms with Gasteiger partial charge in [-0.25, -0.2) is 4.99 Å². The van der Waals surface area contributed by atoms with Gasteiger partial charge in [-0.1, -0.05) is 18.2 Å². The van der Waals surface area contributed by atoms with E-state index in [1.165, 1.54) is 11.1 Å². The molecule has 5 rings (SSSR count). The minimum Gasteiger partial charge on any atom is -0.490 e. The van der Waals surface area contributed by atoms with Crippen LogP contribution in [0.5, 0.6) is 5.75 Å². The highest BCUT2D eigenvalue weighted by Gasteiger charge is 2.33. The molecule has 0 saturated carbocycles. The van der Waals surface area contributed by atoms with E-state index in [0.717, 1.165) is 43.5 Å². The van der Waals surface area contributed by atoms with Crippen molar-refractivity contribution >= 4 is 11.8 Å². The quantitative estimate of drug-likeness (QED) is 0.662. The molecule has 0 radical (unpaired) electrons. The van der Waals surface area contributed by atoms with Gasteiger partial charge in [-0.3, -0.25) is 4.79 Å². The average molecular weight is 474 g/mol. The summed E-state index contributed by atoms with van der Waals surface area (Å²) in [5.74, 6) is 1.22. The third-order valence-electron chi connectivity index (χ3n) is 6.82. The molecular weight excluding hydrogens is 442 g/mol. The van der Waals surface area contributed by atoms with E-state index < -0.39 is 0 Å². The highest BCUT2D eigenvalue weighted by molar-refractivity contribution is 5.95. The number of aliphatic imine (C=N–C) groups is 1. The van der Waals surface area contributed by atoms with Crippen LogP contribution in [0.3, 0.4) is 0 Å². The predicted octanol–water partition coefficient (Wildman–Crippen LogP) is 3.48. The van der Waals surface area contributed by atoms with Crippen LogP contribution >= 0.6 is 0 Å². The Morgan fingerprint density at radius 1 is 1.29 bits per heavy atom. The first-order chi connectivity index (χ1) is 16.9. The predicted molar refractivity (Wildman–Crippen MR) is 132 cm³/mol. The van der Waals surface area contributed by atoms with Crippen molar-refractivity contribution in [2.24, 2.45) is 4.99 Å². The van der Waals surface area contributed by atoms with Gasteiger partial charge in [0, 0.05) is 31.7 Å². The van der Waals surface area contributed by atoms with E-state index in [0.29, 0.717) is 23.8 Å². The second-order valence-electron chi connectivity index (χ2n) is 9.56. The Bertz CT molecular complexity index is 1200. The van der Waals surface area contributed by atoms with Crippen LogP contribution in [0.4, 0.5) is 0 Å². The fourth-order valence-electron chi connectivity index (χ4n) is 4.93. The third kappa shape index (κ3) is 4.62. The Hall–Kier alpha value is -3.41. The summed E-state index contributed by atoms with van der Waals surface area (Å²) in [4.78, 5) is 25.1. The molecule has 0 bridgehead atoms. The summed E-state index contributed by atoms with van der Waals surface area (Å²) in [5, 5.41) is 14.8. The van der Waals surface area contributed by atoms with Gasteiger partial charge in [-0.2, -0.15) is 5.26 Å². The largest absolute Gasteiger partial charge is 0.490 e. The number of nitriles is 1. The van der Waals surface area contributed by atoms with Gasteiger partial charge in [0.05, 0.1) is 18.2 Å². The van der Waals surface area contributed by atoms with E-state index in [9.17, 15) is 10.1 Å². The second-order valence-corrected chi connectivity index (χ2v) is 9.56.